The molecule has 0 fully saturated rings. The number of benzene rings is 1. The Hall–Kier alpha value is -1.35. The summed E-state index contributed by atoms with van der Waals surface area (Å²) in [5.74, 6) is 0. The first-order chi connectivity index (χ1) is 9.26. The number of thiazole rings is 1. The summed E-state index contributed by atoms with van der Waals surface area (Å²) in [6.07, 6.45) is 3.21. The molecule has 0 unspecified atom stereocenters. The molecule has 0 saturated heterocycles. The Morgan fingerprint density at radius 2 is 1.84 bits per heavy atom. The Balaban J connectivity index is 2.04. The van der Waals surface area contributed by atoms with Crippen LogP contribution >= 0.6 is 11.3 Å². The standard InChI is InChI=1S/C16H22N2S/c1-4-13-7-6-8-14(5-2)16(13)17-10-9-15-12(3)18-11-19-15/h6-8,11,17H,4-5,9-10H2,1-3H3. The van der Waals surface area contributed by atoms with E-state index < -0.39 is 0 Å². The van der Waals surface area contributed by atoms with Crippen molar-refractivity contribution in [3.8, 4) is 0 Å². The van der Waals surface area contributed by atoms with E-state index >= 15 is 0 Å². The Kier molecular flexibility index (Phi) is 4.97. The first-order valence-corrected chi connectivity index (χ1v) is 7.87. The molecule has 2 rings (SSSR count). The molecule has 3 heteroatoms. The van der Waals surface area contributed by atoms with Gasteiger partial charge in [0.2, 0.25) is 0 Å². The summed E-state index contributed by atoms with van der Waals surface area (Å²) in [5, 5.41) is 3.63. The van der Waals surface area contributed by atoms with Gasteiger partial charge >= 0.3 is 0 Å². The van der Waals surface area contributed by atoms with Gasteiger partial charge in [0.15, 0.2) is 0 Å². The fraction of sp³-hybridized carbons (Fsp3) is 0.438. The molecule has 0 spiro atoms. The van der Waals surface area contributed by atoms with Crippen LogP contribution in [0.4, 0.5) is 5.69 Å². The van der Waals surface area contributed by atoms with E-state index in [-0.39, 0.29) is 0 Å². The summed E-state index contributed by atoms with van der Waals surface area (Å²) in [6, 6.07) is 6.61. The first kappa shape index (κ1) is 14.1. The van der Waals surface area contributed by atoms with Crippen molar-refractivity contribution in [1.82, 2.24) is 4.98 Å². The van der Waals surface area contributed by atoms with Gasteiger partial charge in [-0.2, -0.15) is 0 Å². The second kappa shape index (κ2) is 6.71. The molecular weight excluding hydrogens is 252 g/mol. The number of aryl methyl sites for hydroxylation is 3. The molecule has 102 valence electrons. The van der Waals surface area contributed by atoms with Crippen LogP contribution in [0.5, 0.6) is 0 Å². The summed E-state index contributed by atoms with van der Waals surface area (Å²) < 4.78 is 0. The second-order valence-electron chi connectivity index (χ2n) is 4.70. The van der Waals surface area contributed by atoms with Gasteiger partial charge < -0.3 is 5.32 Å². The highest BCUT2D eigenvalue weighted by Crippen LogP contribution is 2.23. The Morgan fingerprint density at radius 1 is 1.16 bits per heavy atom. The van der Waals surface area contributed by atoms with Crippen molar-refractivity contribution < 1.29 is 0 Å². The molecule has 0 aliphatic carbocycles. The van der Waals surface area contributed by atoms with Gasteiger partial charge in [-0.15, -0.1) is 11.3 Å². The molecule has 2 nitrogen and oxygen atoms in total. The molecular formula is C16H22N2S. The lowest BCUT2D eigenvalue weighted by Crippen LogP contribution is -2.09. The van der Waals surface area contributed by atoms with Gasteiger partial charge in [0.25, 0.3) is 0 Å². The van der Waals surface area contributed by atoms with E-state index in [4.69, 9.17) is 0 Å². The molecule has 1 aromatic carbocycles. The Bertz CT molecular complexity index is 509. The summed E-state index contributed by atoms with van der Waals surface area (Å²) in [5.41, 5.74) is 7.28. The molecule has 1 N–H and O–H groups in total. The molecule has 19 heavy (non-hydrogen) atoms. The van der Waals surface area contributed by atoms with Crippen LogP contribution in [0.2, 0.25) is 0 Å². The van der Waals surface area contributed by atoms with Gasteiger partial charge in [-0.25, -0.2) is 4.98 Å². The van der Waals surface area contributed by atoms with Crippen molar-refractivity contribution in [3.05, 3.63) is 45.4 Å². The first-order valence-electron chi connectivity index (χ1n) is 6.99. The van der Waals surface area contributed by atoms with Crippen molar-refractivity contribution in [2.45, 2.75) is 40.0 Å². The zero-order valence-corrected chi connectivity index (χ0v) is 12.8. The third kappa shape index (κ3) is 3.35. The van der Waals surface area contributed by atoms with Crippen LogP contribution < -0.4 is 5.32 Å². The lowest BCUT2D eigenvalue weighted by Gasteiger charge is -2.15. The smallest absolute Gasteiger partial charge is 0.0797 e. The van der Waals surface area contributed by atoms with Gasteiger partial charge in [-0.3, -0.25) is 0 Å². The summed E-state index contributed by atoms with van der Waals surface area (Å²) >= 11 is 1.75. The van der Waals surface area contributed by atoms with E-state index in [2.05, 4.69) is 49.3 Å². The van der Waals surface area contributed by atoms with Gasteiger partial charge in [-0.05, 0) is 30.9 Å². The number of hydrogen-bond acceptors (Lipinski definition) is 3. The number of rotatable bonds is 6. The third-order valence-electron chi connectivity index (χ3n) is 3.50. The van der Waals surface area contributed by atoms with E-state index in [0.29, 0.717) is 0 Å². The lowest BCUT2D eigenvalue weighted by atomic mass is 10.0. The summed E-state index contributed by atoms with van der Waals surface area (Å²) in [7, 11) is 0. The van der Waals surface area contributed by atoms with Crippen LogP contribution in [-0.2, 0) is 19.3 Å². The lowest BCUT2D eigenvalue weighted by molar-refractivity contribution is 0.993. The molecule has 1 aromatic heterocycles. The molecule has 1 heterocycles. The SMILES string of the molecule is CCc1cccc(CC)c1NCCc1scnc1C. The van der Waals surface area contributed by atoms with Crippen LogP contribution in [0.1, 0.15) is 35.5 Å². The van der Waals surface area contributed by atoms with Crippen LogP contribution in [0, 0.1) is 6.92 Å². The van der Waals surface area contributed by atoms with Crippen LogP contribution in [0.25, 0.3) is 0 Å². The summed E-state index contributed by atoms with van der Waals surface area (Å²) in [4.78, 5) is 5.69. The topological polar surface area (TPSA) is 24.9 Å². The van der Waals surface area contributed by atoms with E-state index in [0.717, 1.165) is 25.8 Å². The Labute approximate surface area is 119 Å². The van der Waals surface area contributed by atoms with Gasteiger partial charge in [-0.1, -0.05) is 32.0 Å². The minimum atomic E-state index is 0.979. The number of anilines is 1. The van der Waals surface area contributed by atoms with Crippen LogP contribution in [0.3, 0.4) is 0 Å². The number of para-hydroxylation sites is 1. The molecule has 0 radical (unpaired) electrons. The molecule has 0 bridgehead atoms. The molecule has 0 amide bonds. The fourth-order valence-corrected chi connectivity index (χ4v) is 3.12. The van der Waals surface area contributed by atoms with Gasteiger partial charge in [0.1, 0.15) is 0 Å². The van der Waals surface area contributed by atoms with Crippen molar-refractivity contribution in [1.29, 1.82) is 0 Å². The van der Waals surface area contributed by atoms with Crippen LogP contribution in [-0.4, -0.2) is 11.5 Å². The second-order valence-corrected chi connectivity index (χ2v) is 5.64. The molecule has 0 aliphatic heterocycles. The normalized spacial score (nSPS) is 10.7. The molecule has 0 aliphatic rings. The van der Waals surface area contributed by atoms with E-state index in [1.807, 2.05) is 5.51 Å². The number of nitrogens with one attached hydrogen (secondary N) is 1. The number of hydrogen-bond donors (Lipinski definition) is 1. The van der Waals surface area contributed by atoms with E-state index in [1.165, 1.54) is 27.4 Å². The molecule has 2 aromatic rings. The number of nitrogens with zero attached hydrogens (tertiary/aromatic N) is 1. The summed E-state index contributed by atoms with van der Waals surface area (Å²) in [6.45, 7) is 7.50. The van der Waals surface area contributed by atoms with Crippen LogP contribution in [0.15, 0.2) is 23.7 Å². The maximum Gasteiger partial charge on any atom is 0.0797 e. The monoisotopic (exact) mass is 274 g/mol. The van der Waals surface area contributed by atoms with Crippen molar-refractivity contribution >= 4 is 17.0 Å². The molecule has 0 atom stereocenters. The minimum absolute atomic E-state index is 0.979. The average molecular weight is 274 g/mol. The Morgan fingerprint density at radius 3 is 2.37 bits per heavy atom. The van der Waals surface area contributed by atoms with Crippen molar-refractivity contribution in [3.63, 3.8) is 0 Å². The quantitative estimate of drug-likeness (QED) is 0.852. The highest BCUT2D eigenvalue weighted by Gasteiger charge is 2.06. The maximum atomic E-state index is 4.30. The average Bonchev–Trinajstić information content (AvgIpc) is 2.84. The maximum absolute atomic E-state index is 4.30. The highest BCUT2D eigenvalue weighted by molar-refractivity contribution is 7.09. The van der Waals surface area contributed by atoms with Crippen molar-refractivity contribution in [2.24, 2.45) is 0 Å². The third-order valence-corrected chi connectivity index (χ3v) is 4.49. The fourth-order valence-electron chi connectivity index (χ4n) is 2.34. The van der Waals surface area contributed by atoms with E-state index in [9.17, 15) is 0 Å². The zero-order valence-electron chi connectivity index (χ0n) is 12.0. The van der Waals surface area contributed by atoms with E-state index in [1.54, 1.807) is 11.3 Å². The zero-order chi connectivity index (χ0) is 13.7. The molecule has 0 saturated carbocycles. The van der Waals surface area contributed by atoms with Crippen molar-refractivity contribution in [2.75, 3.05) is 11.9 Å². The highest BCUT2D eigenvalue weighted by atomic mass is 32.1. The predicted molar refractivity (Wildman–Crippen MR) is 84.2 cm³/mol. The predicted octanol–water partition coefficient (Wildman–Crippen LogP) is 4.23. The largest absolute Gasteiger partial charge is 0.384 e. The number of aromatic nitrogens is 1. The van der Waals surface area contributed by atoms with Gasteiger partial charge in [0, 0.05) is 23.5 Å². The minimum Gasteiger partial charge on any atom is -0.384 e. The van der Waals surface area contributed by atoms with Gasteiger partial charge in [0.05, 0.1) is 11.2 Å².